The second-order valence-electron chi connectivity index (χ2n) is 7.06. The van der Waals surface area contributed by atoms with Gasteiger partial charge in [-0.1, -0.05) is 35.5 Å². The molecule has 7 heteroatoms. The van der Waals surface area contributed by atoms with Gasteiger partial charge in [-0.05, 0) is 18.8 Å². The van der Waals surface area contributed by atoms with Gasteiger partial charge in [-0.2, -0.15) is 0 Å². The van der Waals surface area contributed by atoms with E-state index in [0.717, 1.165) is 29.9 Å². The van der Waals surface area contributed by atoms with Crippen LogP contribution < -0.4 is 5.32 Å². The molecule has 1 aliphatic carbocycles. The zero-order chi connectivity index (χ0) is 18.6. The van der Waals surface area contributed by atoms with E-state index >= 15 is 0 Å². The fourth-order valence-electron chi connectivity index (χ4n) is 3.76. The summed E-state index contributed by atoms with van der Waals surface area (Å²) in [6.45, 7) is 0.763. The molecule has 0 radical (unpaired) electrons. The van der Waals surface area contributed by atoms with Crippen LogP contribution in [0.1, 0.15) is 18.4 Å². The van der Waals surface area contributed by atoms with Crippen molar-refractivity contribution in [3.05, 3.63) is 60.7 Å². The van der Waals surface area contributed by atoms with E-state index < -0.39 is 6.10 Å². The third-order valence-corrected chi connectivity index (χ3v) is 5.02. The second kappa shape index (κ2) is 7.75. The van der Waals surface area contributed by atoms with Gasteiger partial charge < -0.3 is 19.5 Å². The molecule has 2 aromatic heterocycles. The van der Waals surface area contributed by atoms with E-state index in [1.54, 1.807) is 6.20 Å². The molecule has 0 aliphatic heterocycles. The smallest absolute Gasteiger partial charge is 0.224 e. The fourth-order valence-corrected chi connectivity index (χ4v) is 3.76. The monoisotopic (exact) mass is 366 g/mol. The van der Waals surface area contributed by atoms with Crippen LogP contribution in [0.3, 0.4) is 0 Å². The molecule has 3 aromatic rings. The molecule has 4 rings (SSSR count). The third-order valence-electron chi connectivity index (χ3n) is 5.02. The van der Waals surface area contributed by atoms with Gasteiger partial charge in [-0.25, -0.2) is 4.98 Å². The normalized spacial score (nSPS) is 22.0. The molecular formula is C20H22N4O3. The number of carbonyl (C=O) groups excluding carboxylic acids is 1. The zero-order valence-corrected chi connectivity index (χ0v) is 14.9. The summed E-state index contributed by atoms with van der Waals surface area (Å²) in [6.07, 6.45) is 7.81. The maximum Gasteiger partial charge on any atom is 0.224 e. The van der Waals surface area contributed by atoms with Gasteiger partial charge >= 0.3 is 0 Å². The summed E-state index contributed by atoms with van der Waals surface area (Å²) in [4.78, 5) is 16.6. The number of hydrogen-bond acceptors (Lipinski definition) is 5. The summed E-state index contributed by atoms with van der Waals surface area (Å²) in [5.41, 5.74) is 1.79. The Hall–Kier alpha value is -2.93. The number of amides is 1. The van der Waals surface area contributed by atoms with Gasteiger partial charge in [0.05, 0.1) is 24.8 Å². The average Bonchev–Trinajstić information content (AvgIpc) is 3.39. The maximum atomic E-state index is 12.2. The highest BCUT2D eigenvalue weighted by Gasteiger charge is 2.34. The minimum absolute atomic E-state index is 0.129. The highest BCUT2D eigenvalue weighted by molar-refractivity contribution is 5.78. The summed E-state index contributed by atoms with van der Waals surface area (Å²) >= 11 is 0. The Morgan fingerprint density at radius 3 is 2.93 bits per heavy atom. The number of carbonyl (C=O) groups is 1. The highest BCUT2D eigenvalue weighted by atomic mass is 16.5. The first-order valence-electron chi connectivity index (χ1n) is 9.11. The topological polar surface area (TPSA) is 93.2 Å². The quantitative estimate of drug-likeness (QED) is 0.696. The number of rotatable bonds is 6. The van der Waals surface area contributed by atoms with E-state index in [2.05, 4.69) is 20.0 Å². The fraction of sp³-hybridized carbons (Fsp3) is 0.350. The number of nitrogens with one attached hydrogen (secondary N) is 1. The average molecular weight is 366 g/mol. The number of aliphatic hydroxyl groups excluding tert-OH is 1. The Balaban J connectivity index is 1.37. The van der Waals surface area contributed by atoms with Crippen molar-refractivity contribution in [3.8, 4) is 11.4 Å². The Morgan fingerprint density at radius 1 is 1.30 bits per heavy atom. The minimum Gasteiger partial charge on any atom is -0.391 e. The standard InChI is InChI=1S/C20H22N4O3/c25-18-9-14(8-17(18)23-19(26)10-15-11-22-27-13-15)12-24-7-6-21-20(24)16-4-2-1-3-5-16/h1-7,11,13-14,17-18,25H,8-10,12H2,(H,23,26)/t14?,17-,18-/m1/s1. The first kappa shape index (κ1) is 17.5. The molecular weight excluding hydrogens is 344 g/mol. The molecule has 1 fully saturated rings. The molecule has 3 atom stereocenters. The van der Waals surface area contributed by atoms with E-state index in [-0.39, 0.29) is 24.3 Å². The predicted octanol–water partition coefficient (Wildman–Crippen LogP) is 2.04. The van der Waals surface area contributed by atoms with Crippen molar-refractivity contribution in [3.63, 3.8) is 0 Å². The molecule has 1 saturated carbocycles. The summed E-state index contributed by atoms with van der Waals surface area (Å²) in [5.74, 6) is 1.07. The second-order valence-corrected chi connectivity index (χ2v) is 7.06. The molecule has 2 heterocycles. The van der Waals surface area contributed by atoms with Crippen LogP contribution in [0, 0.1) is 5.92 Å². The molecule has 0 spiro atoms. The minimum atomic E-state index is -0.537. The first-order valence-corrected chi connectivity index (χ1v) is 9.11. The van der Waals surface area contributed by atoms with Gasteiger partial charge in [0.1, 0.15) is 12.1 Å². The van der Waals surface area contributed by atoms with Crippen LogP contribution in [0.15, 0.2) is 59.7 Å². The molecule has 140 valence electrons. The molecule has 2 N–H and O–H groups in total. The van der Waals surface area contributed by atoms with E-state index in [0.29, 0.717) is 6.42 Å². The van der Waals surface area contributed by atoms with Gasteiger partial charge in [0.2, 0.25) is 5.91 Å². The summed E-state index contributed by atoms with van der Waals surface area (Å²) < 4.78 is 6.86. The summed E-state index contributed by atoms with van der Waals surface area (Å²) in [6, 6.07) is 9.82. The van der Waals surface area contributed by atoms with Crippen LogP contribution in [-0.4, -0.2) is 37.9 Å². The number of nitrogens with zero attached hydrogens (tertiary/aromatic N) is 3. The molecule has 1 aliphatic rings. The van der Waals surface area contributed by atoms with E-state index in [9.17, 15) is 9.90 Å². The molecule has 27 heavy (non-hydrogen) atoms. The van der Waals surface area contributed by atoms with Gasteiger partial charge in [0.15, 0.2) is 0 Å². The van der Waals surface area contributed by atoms with Crippen molar-refractivity contribution in [1.82, 2.24) is 20.0 Å². The lowest BCUT2D eigenvalue weighted by Crippen LogP contribution is -2.40. The van der Waals surface area contributed by atoms with Crippen LogP contribution in [-0.2, 0) is 17.8 Å². The van der Waals surface area contributed by atoms with Gasteiger partial charge in [-0.15, -0.1) is 0 Å². The molecule has 1 amide bonds. The van der Waals surface area contributed by atoms with Crippen LogP contribution in [0.2, 0.25) is 0 Å². The summed E-state index contributed by atoms with van der Waals surface area (Å²) in [7, 11) is 0. The molecule has 0 saturated heterocycles. The predicted molar refractivity (Wildman–Crippen MR) is 98.5 cm³/mol. The van der Waals surface area contributed by atoms with Crippen molar-refractivity contribution in [2.45, 2.75) is 38.0 Å². The molecule has 1 unspecified atom stereocenters. The third kappa shape index (κ3) is 4.09. The number of aromatic nitrogens is 3. The molecule has 0 bridgehead atoms. The zero-order valence-electron chi connectivity index (χ0n) is 14.9. The Morgan fingerprint density at radius 2 is 2.15 bits per heavy atom. The number of imidazole rings is 1. The SMILES string of the molecule is O=C(Cc1cnoc1)N[C@@H]1CC(Cn2ccnc2-c2ccccc2)C[C@H]1O. The molecule has 1 aromatic carbocycles. The van der Waals surface area contributed by atoms with Crippen molar-refractivity contribution >= 4 is 5.91 Å². The van der Waals surface area contributed by atoms with Gasteiger partial charge in [-0.3, -0.25) is 4.79 Å². The first-order chi connectivity index (χ1) is 13.2. The van der Waals surface area contributed by atoms with Crippen LogP contribution >= 0.6 is 0 Å². The van der Waals surface area contributed by atoms with Crippen molar-refractivity contribution in [2.75, 3.05) is 0 Å². The van der Waals surface area contributed by atoms with E-state index in [4.69, 9.17) is 4.52 Å². The Labute approximate surface area is 157 Å². The lowest BCUT2D eigenvalue weighted by Gasteiger charge is -2.16. The van der Waals surface area contributed by atoms with Crippen molar-refractivity contribution < 1.29 is 14.4 Å². The lowest BCUT2D eigenvalue weighted by atomic mass is 10.1. The van der Waals surface area contributed by atoms with Gasteiger partial charge in [0, 0.05) is 30.1 Å². The van der Waals surface area contributed by atoms with Crippen molar-refractivity contribution in [2.24, 2.45) is 5.92 Å². The number of hydrogen-bond donors (Lipinski definition) is 2. The van der Waals surface area contributed by atoms with Crippen LogP contribution in [0.5, 0.6) is 0 Å². The Kier molecular flexibility index (Phi) is 5.02. The number of benzene rings is 1. The Bertz CT molecular complexity index is 876. The van der Waals surface area contributed by atoms with Crippen molar-refractivity contribution in [1.29, 1.82) is 0 Å². The van der Waals surface area contributed by atoms with Gasteiger partial charge in [0.25, 0.3) is 0 Å². The maximum absolute atomic E-state index is 12.2. The van der Waals surface area contributed by atoms with E-state index in [1.807, 2.05) is 36.5 Å². The number of aliphatic hydroxyl groups is 1. The highest BCUT2D eigenvalue weighted by Crippen LogP contribution is 2.29. The summed E-state index contributed by atoms with van der Waals surface area (Å²) in [5, 5.41) is 16.9. The largest absolute Gasteiger partial charge is 0.391 e. The van der Waals surface area contributed by atoms with E-state index in [1.165, 1.54) is 12.5 Å². The lowest BCUT2D eigenvalue weighted by molar-refractivity contribution is -0.121. The molecule has 7 nitrogen and oxygen atoms in total. The van der Waals surface area contributed by atoms with Crippen LogP contribution in [0.25, 0.3) is 11.4 Å². The van der Waals surface area contributed by atoms with Crippen LogP contribution in [0.4, 0.5) is 0 Å².